The summed E-state index contributed by atoms with van der Waals surface area (Å²) in [6.07, 6.45) is 1.91. The van der Waals surface area contributed by atoms with Gasteiger partial charge in [0, 0.05) is 42.3 Å². The van der Waals surface area contributed by atoms with Gasteiger partial charge >= 0.3 is 0 Å². The first-order valence-corrected chi connectivity index (χ1v) is 10.6. The molecule has 3 aromatic rings. The van der Waals surface area contributed by atoms with Crippen LogP contribution in [0.5, 0.6) is 0 Å². The first-order chi connectivity index (χ1) is 13.5. The molecule has 1 aromatic carbocycles. The lowest BCUT2D eigenvalue weighted by Crippen LogP contribution is -2.36. The number of hydrogen-bond acceptors (Lipinski definition) is 5. The van der Waals surface area contributed by atoms with Gasteiger partial charge < -0.3 is 11.1 Å². The van der Waals surface area contributed by atoms with Crippen molar-refractivity contribution in [3.05, 3.63) is 52.0 Å². The normalized spacial score (nSPS) is 14.4. The molecule has 0 unspecified atom stereocenters. The van der Waals surface area contributed by atoms with E-state index in [1.165, 1.54) is 22.5 Å². The molecule has 3 N–H and O–H groups in total. The highest BCUT2D eigenvalue weighted by atomic mass is 32.1. The van der Waals surface area contributed by atoms with E-state index in [4.69, 9.17) is 10.7 Å². The lowest BCUT2D eigenvalue weighted by molar-refractivity contribution is 0.103. The summed E-state index contributed by atoms with van der Waals surface area (Å²) in [5, 5.41) is 3.85. The van der Waals surface area contributed by atoms with Crippen LogP contribution in [0.2, 0.25) is 0 Å². The SMILES string of the molecule is CCc1ccc(NC(=O)c2sc3nc4c(cc3c2N)CN(C(C)C)CC4)cc1. The van der Waals surface area contributed by atoms with Crippen LogP contribution in [-0.2, 0) is 19.4 Å². The predicted octanol–water partition coefficient (Wildman–Crippen LogP) is 4.46. The van der Waals surface area contributed by atoms with Gasteiger partial charge in [0.05, 0.1) is 5.69 Å². The van der Waals surface area contributed by atoms with Gasteiger partial charge in [0.25, 0.3) is 5.91 Å². The number of aromatic nitrogens is 1. The molecule has 0 fully saturated rings. The summed E-state index contributed by atoms with van der Waals surface area (Å²) in [6.45, 7) is 8.44. The van der Waals surface area contributed by atoms with Crippen molar-refractivity contribution in [2.24, 2.45) is 0 Å². The third-order valence-corrected chi connectivity index (χ3v) is 6.57. The van der Waals surface area contributed by atoms with Crippen molar-refractivity contribution in [3.8, 4) is 0 Å². The number of nitrogens with zero attached hydrogens (tertiary/aromatic N) is 2. The number of pyridine rings is 1. The second-order valence-corrected chi connectivity index (χ2v) is 8.61. The molecule has 3 heterocycles. The van der Waals surface area contributed by atoms with Crippen LogP contribution < -0.4 is 11.1 Å². The number of rotatable bonds is 4. The number of thiophene rings is 1. The van der Waals surface area contributed by atoms with Crippen molar-refractivity contribution in [1.82, 2.24) is 9.88 Å². The molecule has 0 saturated carbocycles. The Labute approximate surface area is 169 Å². The summed E-state index contributed by atoms with van der Waals surface area (Å²) in [7, 11) is 0. The molecule has 5 nitrogen and oxygen atoms in total. The molecule has 0 spiro atoms. The maximum absolute atomic E-state index is 12.8. The monoisotopic (exact) mass is 394 g/mol. The van der Waals surface area contributed by atoms with Gasteiger partial charge in [-0.15, -0.1) is 11.3 Å². The Morgan fingerprint density at radius 3 is 2.75 bits per heavy atom. The molecule has 0 aliphatic carbocycles. The molecule has 6 heteroatoms. The molecule has 28 heavy (non-hydrogen) atoms. The number of nitrogen functional groups attached to an aromatic ring is 1. The van der Waals surface area contributed by atoms with Gasteiger partial charge in [-0.25, -0.2) is 4.98 Å². The molecule has 2 aromatic heterocycles. The number of carbonyl (C=O) groups is 1. The van der Waals surface area contributed by atoms with Gasteiger partial charge in [-0.3, -0.25) is 9.69 Å². The molecule has 0 bridgehead atoms. The number of nitrogens with two attached hydrogens (primary N) is 1. The van der Waals surface area contributed by atoms with E-state index < -0.39 is 0 Å². The van der Waals surface area contributed by atoms with Crippen molar-refractivity contribution in [2.45, 2.75) is 46.2 Å². The zero-order chi connectivity index (χ0) is 19.8. The Kier molecular flexibility index (Phi) is 5.08. The minimum Gasteiger partial charge on any atom is -0.397 e. The average molecular weight is 395 g/mol. The van der Waals surface area contributed by atoms with Crippen molar-refractivity contribution in [3.63, 3.8) is 0 Å². The quantitative estimate of drug-likeness (QED) is 0.685. The van der Waals surface area contributed by atoms with Crippen molar-refractivity contribution >= 4 is 38.8 Å². The molecular formula is C22H26N4OS. The summed E-state index contributed by atoms with van der Waals surface area (Å²) in [6, 6.07) is 10.5. The highest BCUT2D eigenvalue weighted by molar-refractivity contribution is 7.21. The van der Waals surface area contributed by atoms with Gasteiger partial charge in [0.1, 0.15) is 9.71 Å². The molecule has 1 amide bonds. The first kappa shape index (κ1) is 18.9. The van der Waals surface area contributed by atoms with Crippen LogP contribution in [0.15, 0.2) is 30.3 Å². The van der Waals surface area contributed by atoms with Crippen LogP contribution in [0.3, 0.4) is 0 Å². The summed E-state index contributed by atoms with van der Waals surface area (Å²) >= 11 is 1.38. The number of hydrogen-bond donors (Lipinski definition) is 2. The molecule has 1 aliphatic heterocycles. The zero-order valence-corrected chi connectivity index (χ0v) is 17.4. The summed E-state index contributed by atoms with van der Waals surface area (Å²) in [5.74, 6) is -0.175. The summed E-state index contributed by atoms with van der Waals surface area (Å²) in [5.41, 5.74) is 11.3. The van der Waals surface area contributed by atoms with Crippen molar-refractivity contribution in [1.29, 1.82) is 0 Å². The van der Waals surface area contributed by atoms with Gasteiger partial charge in [-0.05, 0) is 49.6 Å². The molecule has 4 rings (SSSR count). The molecule has 0 radical (unpaired) electrons. The minimum atomic E-state index is -0.175. The Hall–Kier alpha value is -2.44. The molecule has 1 aliphatic rings. The Balaban J connectivity index is 1.63. The van der Waals surface area contributed by atoms with E-state index in [1.54, 1.807) is 0 Å². The Bertz CT molecular complexity index is 1020. The Morgan fingerprint density at radius 1 is 1.32 bits per heavy atom. The highest BCUT2D eigenvalue weighted by Crippen LogP contribution is 2.35. The van der Waals surface area contributed by atoms with E-state index in [1.807, 2.05) is 24.3 Å². The third-order valence-electron chi connectivity index (χ3n) is 5.46. The van der Waals surface area contributed by atoms with Crippen molar-refractivity contribution in [2.75, 3.05) is 17.6 Å². The largest absolute Gasteiger partial charge is 0.397 e. The van der Waals surface area contributed by atoms with Crippen LogP contribution in [0.1, 0.15) is 47.3 Å². The topological polar surface area (TPSA) is 71.2 Å². The van der Waals surface area contributed by atoms with Gasteiger partial charge in [0.15, 0.2) is 0 Å². The lowest BCUT2D eigenvalue weighted by Gasteiger charge is -2.31. The van der Waals surface area contributed by atoms with Crippen LogP contribution in [0, 0.1) is 0 Å². The minimum absolute atomic E-state index is 0.175. The fraction of sp³-hybridized carbons (Fsp3) is 0.364. The number of benzene rings is 1. The Morgan fingerprint density at radius 2 is 2.07 bits per heavy atom. The first-order valence-electron chi connectivity index (χ1n) is 9.81. The maximum Gasteiger partial charge on any atom is 0.267 e. The smallest absolute Gasteiger partial charge is 0.267 e. The van der Waals surface area contributed by atoms with E-state index in [0.29, 0.717) is 16.6 Å². The number of nitrogens with one attached hydrogen (secondary N) is 1. The number of fused-ring (bicyclic) bond motifs is 2. The van der Waals surface area contributed by atoms with Gasteiger partial charge in [0.2, 0.25) is 0 Å². The number of aryl methyl sites for hydroxylation is 1. The fourth-order valence-electron chi connectivity index (χ4n) is 3.64. The van der Waals surface area contributed by atoms with E-state index in [2.05, 4.69) is 37.1 Å². The predicted molar refractivity (Wildman–Crippen MR) is 117 cm³/mol. The van der Waals surface area contributed by atoms with E-state index in [-0.39, 0.29) is 5.91 Å². The third kappa shape index (κ3) is 3.50. The lowest BCUT2D eigenvalue weighted by atomic mass is 10.0. The second kappa shape index (κ2) is 7.53. The molecule has 146 valence electrons. The highest BCUT2D eigenvalue weighted by Gasteiger charge is 2.23. The summed E-state index contributed by atoms with van der Waals surface area (Å²) < 4.78 is 0. The van der Waals surface area contributed by atoms with Crippen molar-refractivity contribution < 1.29 is 4.79 Å². The fourth-order valence-corrected chi connectivity index (χ4v) is 4.63. The number of carbonyl (C=O) groups excluding carboxylic acids is 1. The van der Waals surface area contributed by atoms with Gasteiger partial charge in [-0.1, -0.05) is 19.1 Å². The second-order valence-electron chi connectivity index (χ2n) is 7.61. The molecule has 0 atom stereocenters. The van der Waals surface area contributed by atoms with E-state index in [9.17, 15) is 4.79 Å². The maximum atomic E-state index is 12.8. The zero-order valence-electron chi connectivity index (χ0n) is 16.6. The van der Waals surface area contributed by atoms with Crippen LogP contribution in [0.4, 0.5) is 11.4 Å². The standard InChI is InChI=1S/C22H26N4OS/c1-4-14-5-7-16(8-6-14)24-21(27)20-19(23)17-11-15-12-26(13(2)3)10-9-18(15)25-22(17)28-20/h5-8,11,13H,4,9-10,12,23H2,1-3H3,(H,24,27). The number of anilines is 2. The van der Waals surface area contributed by atoms with Gasteiger partial charge in [-0.2, -0.15) is 0 Å². The molecular weight excluding hydrogens is 368 g/mol. The van der Waals surface area contributed by atoms with Crippen LogP contribution >= 0.6 is 11.3 Å². The van der Waals surface area contributed by atoms with Crippen LogP contribution in [-0.4, -0.2) is 28.4 Å². The van der Waals surface area contributed by atoms with Crippen LogP contribution in [0.25, 0.3) is 10.2 Å². The molecule has 0 saturated heterocycles. The number of amides is 1. The average Bonchev–Trinajstić information content (AvgIpc) is 3.02. The van der Waals surface area contributed by atoms with E-state index in [0.717, 1.165) is 47.5 Å². The summed E-state index contributed by atoms with van der Waals surface area (Å²) in [4.78, 5) is 21.5. The van der Waals surface area contributed by atoms with E-state index >= 15 is 0 Å².